The molecule has 2 N–H and O–H groups in total. The van der Waals surface area contributed by atoms with Gasteiger partial charge in [-0.25, -0.2) is 14.8 Å². The molecule has 0 saturated heterocycles. The summed E-state index contributed by atoms with van der Waals surface area (Å²) >= 11 is 0. The van der Waals surface area contributed by atoms with Crippen molar-refractivity contribution in [1.29, 1.82) is 0 Å². The van der Waals surface area contributed by atoms with Gasteiger partial charge in [0.25, 0.3) is 5.56 Å². The predicted octanol–water partition coefficient (Wildman–Crippen LogP) is 1.53. The van der Waals surface area contributed by atoms with Crippen LogP contribution in [-0.2, 0) is 6.54 Å². The van der Waals surface area contributed by atoms with E-state index in [0.717, 1.165) is 10.1 Å². The molecule has 25 heavy (non-hydrogen) atoms. The van der Waals surface area contributed by atoms with Crippen LogP contribution in [0.2, 0.25) is 0 Å². The molecule has 3 aromatic rings. The predicted molar refractivity (Wildman–Crippen MR) is 91.1 cm³/mol. The summed E-state index contributed by atoms with van der Waals surface area (Å²) in [5.74, 6) is 0.567. The molecule has 0 bridgehead atoms. The van der Waals surface area contributed by atoms with Crippen LogP contribution in [-0.4, -0.2) is 25.9 Å². The highest BCUT2D eigenvalue weighted by Gasteiger charge is 2.17. The number of H-pyrrole nitrogens is 1. The Morgan fingerprint density at radius 2 is 2.16 bits per heavy atom. The second kappa shape index (κ2) is 5.75. The topological polar surface area (TPSA) is 113 Å². The lowest BCUT2D eigenvalue weighted by atomic mass is 10.1. The van der Waals surface area contributed by atoms with E-state index in [2.05, 4.69) is 15.0 Å². The third kappa shape index (κ3) is 2.59. The lowest BCUT2D eigenvalue weighted by molar-refractivity contribution is 0.392. The quantitative estimate of drug-likeness (QED) is 0.753. The number of nitrogens with one attached hydrogen (secondary N) is 1. The number of pyridine rings is 1. The Morgan fingerprint density at radius 1 is 1.28 bits per heavy atom. The van der Waals surface area contributed by atoms with Crippen LogP contribution in [0.3, 0.4) is 0 Å². The third-order valence-corrected chi connectivity index (χ3v) is 3.82. The molecule has 0 spiro atoms. The van der Waals surface area contributed by atoms with Gasteiger partial charge in [-0.1, -0.05) is 0 Å². The highest BCUT2D eigenvalue weighted by atomic mass is 16.3. The molecule has 0 atom stereocenters. The maximum absolute atomic E-state index is 12.2. The van der Waals surface area contributed by atoms with Crippen LogP contribution >= 0.6 is 0 Å². The zero-order chi connectivity index (χ0) is 17.4. The summed E-state index contributed by atoms with van der Waals surface area (Å²) in [5, 5.41) is 10.5. The van der Waals surface area contributed by atoms with E-state index in [4.69, 9.17) is 4.42 Å². The average Bonchev–Trinajstić information content (AvgIpc) is 3.25. The minimum atomic E-state index is -0.719. The molecule has 4 rings (SSSR count). The molecule has 1 aliphatic rings. The summed E-state index contributed by atoms with van der Waals surface area (Å²) in [6.45, 7) is -0.00312. The van der Waals surface area contributed by atoms with Crippen molar-refractivity contribution in [2.45, 2.75) is 6.54 Å². The maximum atomic E-state index is 12.2. The second-order valence-corrected chi connectivity index (χ2v) is 5.39. The van der Waals surface area contributed by atoms with Crippen molar-refractivity contribution in [2.75, 3.05) is 0 Å². The van der Waals surface area contributed by atoms with Crippen LogP contribution in [0.25, 0.3) is 11.6 Å². The lowest BCUT2D eigenvalue weighted by Crippen LogP contribution is -2.31. The summed E-state index contributed by atoms with van der Waals surface area (Å²) in [6, 6.07) is 6.90. The molecule has 0 fully saturated rings. The Balaban J connectivity index is 1.84. The number of aromatic nitrogens is 3. The number of fused-ring (bicyclic) bond motifs is 1. The lowest BCUT2D eigenvalue weighted by Gasteiger charge is -2.08. The molecule has 0 amide bonds. The molecule has 1 aliphatic heterocycles. The van der Waals surface area contributed by atoms with E-state index in [9.17, 15) is 14.7 Å². The van der Waals surface area contributed by atoms with Gasteiger partial charge in [-0.3, -0.25) is 14.3 Å². The number of aromatic hydroxyl groups is 1. The standard InChI is InChI=1S/C17H12N4O4/c22-15-13(7-10-8-19-14-12(10)4-1-5-18-14)16(23)21(17(24)20-15)9-11-3-2-6-25-11/h1-8,23H,9H2,(H,20,22,24)/b10-7-. The zero-order valence-corrected chi connectivity index (χ0v) is 12.8. The number of aliphatic imine (C=N–C) groups is 1. The van der Waals surface area contributed by atoms with E-state index in [1.54, 1.807) is 30.6 Å². The molecule has 3 aromatic heterocycles. The van der Waals surface area contributed by atoms with Gasteiger partial charge in [-0.2, -0.15) is 0 Å². The summed E-state index contributed by atoms with van der Waals surface area (Å²) in [7, 11) is 0. The van der Waals surface area contributed by atoms with Gasteiger partial charge < -0.3 is 9.52 Å². The minimum Gasteiger partial charge on any atom is -0.494 e. The highest BCUT2D eigenvalue weighted by molar-refractivity contribution is 6.21. The SMILES string of the molecule is O=c1[nH]c(=O)n(Cc2ccco2)c(O)c1/C=C1/C=Nc2ncccc21. The number of hydrogen-bond donors (Lipinski definition) is 2. The van der Waals surface area contributed by atoms with Crippen LogP contribution in [0.5, 0.6) is 5.88 Å². The van der Waals surface area contributed by atoms with E-state index < -0.39 is 17.1 Å². The zero-order valence-electron chi connectivity index (χ0n) is 12.8. The van der Waals surface area contributed by atoms with E-state index in [1.165, 1.54) is 12.3 Å². The molecule has 0 aliphatic carbocycles. The molecular weight excluding hydrogens is 324 g/mol. The molecule has 0 aromatic carbocycles. The maximum Gasteiger partial charge on any atom is 0.331 e. The summed E-state index contributed by atoms with van der Waals surface area (Å²) in [5.41, 5.74) is -0.0823. The molecule has 4 heterocycles. The fraction of sp³-hybridized carbons (Fsp3) is 0.0588. The number of nitrogens with zero attached hydrogens (tertiary/aromatic N) is 3. The highest BCUT2D eigenvalue weighted by Crippen LogP contribution is 2.30. The summed E-state index contributed by atoms with van der Waals surface area (Å²) < 4.78 is 6.22. The fourth-order valence-corrected chi connectivity index (χ4v) is 2.61. The van der Waals surface area contributed by atoms with E-state index in [-0.39, 0.29) is 12.1 Å². The van der Waals surface area contributed by atoms with Crippen LogP contribution in [0.15, 0.2) is 55.7 Å². The number of allylic oxidation sites excluding steroid dienone is 1. The largest absolute Gasteiger partial charge is 0.494 e. The molecule has 0 saturated carbocycles. The van der Waals surface area contributed by atoms with Crippen LogP contribution in [0, 0.1) is 0 Å². The Bertz CT molecular complexity index is 1120. The van der Waals surface area contributed by atoms with Crippen molar-refractivity contribution in [3.63, 3.8) is 0 Å². The van der Waals surface area contributed by atoms with Crippen LogP contribution in [0.1, 0.15) is 16.9 Å². The molecule has 0 radical (unpaired) electrons. The number of hydrogen-bond acceptors (Lipinski definition) is 6. The number of rotatable bonds is 3. The molecule has 8 heteroatoms. The molecule has 124 valence electrons. The summed E-state index contributed by atoms with van der Waals surface area (Å²) in [4.78, 5) is 34.7. The van der Waals surface area contributed by atoms with Gasteiger partial charge in [0.1, 0.15) is 11.3 Å². The second-order valence-electron chi connectivity index (χ2n) is 5.39. The summed E-state index contributed by atoms with van der Waals surface area (Å²) in [6.07, 6.45) is 6.11. The van der Waals surface area contributed by atoms with Gasteiger partial charge in [-0.15, -0.1) is 0 Å². The first-order valence-corrected chi connectivity index (χ1v) is 7.43. The van der Waals surface area contributed by atoms with Gasteiger partial charge in [0.05, 0.1) is 12.8 Å². The van der Waals surface area contributed by atoms with Crippen LogP contribution < -0.4 is 11.2 Å². The van der Waals surface area contributed by atoms with Crippen molar-refractivity contribution in [3.8, 4) is 5.88 Å². The fourth-order valence-electron chi connectivity index (χ4n) is 2.61. The normalized spacial score (nSPS) is 14.2. The number of aromatic amines is 1. The number of furan rings is 1. The Morgan fingerprint density at radius 3 is 2.96 bits per heavy atom. The van der Waals surface area contributed by atoms with E-state index >= 15 is 0 Å². The van der Waals surface area contributed by atoms with Gasteiger partial charge in [-0.05, 0) is 30.3 Å². The van der Waals surface area contributed by atoms with Gasteiger partial charge in [0.2, 0.25) is 5.88 Å². The first-order valence-electron chi connectivity index (χ1n) is 7.43. The van der Waals surface area contributed by atoms with Crippen LogP contribution in [0.4, 0.5) is 5.82 Å². The first-order chi connectivity index (χ1) is 12.1. The Labute approximate surface area is 140 Å². The van der Waals surface area contributed by atoms with E-state index in [0.29, 0.717) is 17.2 Å². The smallest absolute Gasteiger partial charge is 0.331 e. The molecule has 0 unspecified atom stereocenters. The monoisotopic (exact) mass is 336 g/mol. The van der Waals surface area contributed by atoms with Crippen molar-refractivity contribution in [3.05, 3.63) is 74.5 Å². The van der Waals surface area contributed by atoms with E-state index in [1.807, 2.05) is 6.07 Å². The Kier molecular flexibility index (Phi) is 3.42. The average molecular weight is 336 g/mol. The van der Waals surface area contributed by atoms with Gasteiger partial charge in [0.15, 0.2) is 5.82 Å². The van der Waals surface area contributed by atoms with Crippen molar-refractivity contribution < 1.29 is 9.52 Å². The third-order valence-electron chi connectivity index (χ3n) is 3.82. The van der Waals surface area contributed by atoms with Gasteiger partial charge in [0, 0.05) is 23.5 Å². The minimum absolute atomic E-state index is 0.00312. The van der Waals surface area contributed by atoms with Crippen molar-refractivity contribution in [1.82, 2.24) is 14.5 Å². The molecule has 8 nitrogen and oxygen atoms in total. The van der Waals surface area contributed by atoms with Gasteiger partial charge >= 0.3 is 5.69 Å². The Hall–Kier alpha value is -3.68. The van der Waals surface area contributed by atoms with Crippen molar-refractivity contribution in [2.24, 2.45) is 4.99 Å². The molecular formula is C17H12N4O4. The first kappa shape index (κ1) is 14.9. The van der Waals surface area contributed by atoms with Crippen molar-refractivity contribution >= 4 is 23.7 Å².